The molecule has 164 valence electrons. The van der Waals surface area contributed by atoms with Crippen LogP contribution in [0.2, 0.25) is 5.02 Å². The van der Waals surface area contributed by atoms with Crippen molar-refractivity contribution in [1.82, 2.24) is 14.7 Å². The Labute approximate surface area is 189 Å². The summed E-state index contributed by atoms with van der Waals surface area (Å²) in [5.41, 5.74) is 6.58. The number of nitrogens with zero attached hydrogens (tertiary/aromatic N) is 3. The van der Waals surface area contributed by atoms with Gasteiger partial charge in [0, 0.05) is 45.3 Å². The van der Waals surface area contributed by atoms with Crippen LogP contribution in [0.5, 0.6) is 5.75 Å². The molecule has 0 saturated carbocycles. The van der Waals surface area contributed by atoms with Crippen LogP contribution in [0.25, 0.3) is 0 Å². The number of amides is 2. The average molecular weight is 468 g/mol. The lowest BCUT2D eigenvalue weighted by Gasteiger charge is -2.36. The summed E-state index contributed by atoms with van der Waals surface area (Å²) in [6, 6.07) is 3.13. The van der Waals surface area contributed by atoms with E-state index in [9.17, 15) is 9.59 Å². The van der Waals surface area contributed by atoms with E-state index >= 15 is 0 Å². The van der Waals surface area contributed by atoms with Gasteiger partial charge in [0.15, 0.2) is 0 Å². The third-order valence-electron chi connectivity index (χ3n) is 5.28. The summed E-state index contributed by atoms with van der Waals surface area (Å²) in [5, 5.41) is 0.338. The molecule has 2 aliphatic rings. The summed E-state index contributed by atoms with van der Waals surface area (Å²) < 4.78 is 5.29. The van der Waals surface area contributed by atoms with Crippen LogP contribution in [0.4, 0.5) is 5.69 Å². The number of halogens is 3. The van der Waals surface area contributed by atoms with Crippen LogP contribution in [-0.2, 0) is 4.79 Å². The number of carbonyl (C=O) groups excluding carboxylic acids is 2. The Balaban J connectivity index is 0.00000210. The fourth-order valence-electron chi connectivity index (χ4n) is 3.62. The van der Waals surface area contributed by atoms with Gasteiger partial charge >= 0.3 is 0 Å². The zero-order chi connectivity index (χ0) is 19.4. The number of methoxy groups -OCH3 is 1. The lowest BCUT2D eigenvalue weighted by molar-refractivity contribution is -0.133. The molecule has 0 spiro atoms. The van der Waals surface area contributed by atoms with E-state index in [1.165, 1.54) is 13.5 Å². The molecule has 0 bridgehead atoms. The molecular formula is C19H29Cl3N4O3. The van der Waals surface area contributed by atoms with E-state index in [0.717, 1.165) is 25.9 Å². The number of nitrogen functional groups attached to an aromatic ring is 1. The first-order chi connectivity index (χ1) is 13.0. The smallest absolute Gasteiger partial charge is 0.257 e. The fourth-order valence-corrected chi connectivity index (χ4v) is 3.78. The Morgan fingerprint density at radius 3 is 2.21 bits per heavy atom. The highest BCUT2D eigenvalue weighted by molar-refractivity contribution is 6.33. The monoisotopic (exact) mass is 466 g/mol. The van der Waals surface area contributed by atoms with E-state index < -0.39 is 0 Å². The Bertz CT molecular complexity index is 706. The molecule has 2 saturated heterocycles. The molecule has 10 heteroatoms. The quantitative estimate of drug-likeness (QED) is 0.689. The van der Waals surface area contributed by atoms with Crippen molar-refractivity contribution in [3.63, 3.8) is 0 Å². The van der Waals surface area contributed by atoms with Crippen molar-refractivity contribution in [3.05, 3.63) is 22.7 Å². The number of carbonyl (C=O) groups is 2. The second-order valence-corrected chi connectivity index (χ2v) is 7.49. The Kier molecular flexibility index (Phi) is 10.3. The van der Waals surface area contributed by atoms with Crippen molar-refractivity contribution >= 4 is 53.9 Å². The zero-order valence-corrected chi connectivity index (χ0v) is 19.0. The second-order valence-electron chi connectivity index (χ2n) is 7.08. The molecule has 29 heavy (non-hydrogen) atoms. The molecule has 2 N–H and O–H groups in total. The SMILES string of the molecule is COc1cc(N)c(Cl)cc1C(=O)N1CCN(CC(=O)N2CCCCC2)CC1.Cl.Cl. The van der Waals surface area contributed by atoms with Crippen molar-refractivity contribution in [2.75, 3.05) is 58.7 Å². The summed E-state index contributed by atoms with van der Waals surface area (Å²) >= 11 is 6.08. The van der Waals surface area contributed by atoms with Gasteiger partial charge in [-0.25, -0.2) is 0 Å². The standard InChI is InChI=1S/C19H27ClN4O3.2ClH/c1-27-17-12-16(21)15(20)11-14(17)19(26)24-9-7-22(8-10-24)13-18(25)23-5-3-2-4-6-23;;/h11-12H,2-10,13,21H2,1H3;2*1H. The highest BCUT2D eigenvalue weighted by Crippen LogP contribution is 2.30. The topological polar surface area (TPSA) is 79.1 Å². The number of likely N-dealkylation sites (tertiary alicyclic amines) is 1. The Morgan fingerprint density at radius 2 is 1.62 bits per heavy atom. The number of benzene rings is 1. The summed E-state index contributed by atoms with van der Waals surface area (Å²) in [6.45, 7) is 4.66. The van der Waals surface area contributed by atoms with E-state index in [4.69, 9.17) is 22.1 Å². The molecule has 7 nitrogen and oxygen atoms in total. The van der Waals surface area contributed by atoms with Crippen molar-refractivity contribution in [1.29, 1.82) is 0 Å². The summed E-state index contributed by atoms with van der Waals surface area (Å²) in [6.07, 6.45) is 3.41. The maximum atomic E-state index is 12.9. The largest absolute Gasteiger partial charge is 0.496 e. The number of anilines is 1. The molecule has 3 rings (SSSR count). The predicted octanol–water partition coefficient (Wildman–Crippen LogP) is 2.54. The minimum absolute atomic E-state index is 0. The molecule has 0 aliphatic carbocycles. The van der Waals surface area contributed by atoms with E-state index in [1.54, 1.807) is 17.0 Å². The molecular weight excluding hydrogens is 439 g/mol. The van der Waals surface area contributed by atoms with Crippen molar-refractivity contribution in [2.24, 2.45) is 0 Å². The second kappa shape index (κ2) is 11.7. The van der Waals surface area contributed by atoms with Crippen LogP contribution in [0.1, 0.15) is 29.6 Å². The van der Waals surface area contributed by atoms with Crippen LogP contribution in [-0.4, -0.2) is 79.4 Å². The van der Waals surface area contributed by atoms with Gasteiger partial charge in [0.05, 0.1) is 29.9 Å². The van der Waals surface area contributed by atoms with Crippen LogP contribution < -0.4 is 10.5 Å². The number of hydrogen-bond acceptors (Lipinski definition) is 5. The van der Waals surface area contributed by atoms with Crippen LogP contribution in [0, 0.1) is 0 Å². The van der Waals surface area contributed by atoms with Gasteiger partial charge in [0.2, 0.25) is 5.91 Å². The van der Waals surface area contributed by atoms with Crippen molar-refractivity contribution in [2.45, 2.75) is 19.3 Å². The molecule has 0 atom stereocenters. The summed E-state index contributed by atoms with van der Waals surface area (Å²) in [4.78, 5) is 31.1. The maximum Gasteiger partial charge on any atom is 0.257 e. The molecule has 0 radical (unpaired) electrons. The molecule has 2 fully saturated rings. The maximum absolute atomic E-state index is 12.9. The predicted molar refractivity (Wildman–Crippen MR) is 120 cm³/mol. The first-order valence-corrected chi connectivity index (χ1v) is 9.80. The van der Waals surface area contributed by atoms with Crippen molar-refractivity contribution < 1.29 is 14.3 Å². The number of ether oxygens (including phenoxy) is 1. The molecule has 2 heterocycles. The lowest BCUT2D eigenvalue weighted by atomic mass is 10.1. The van der Waals surface area contributed by atoms with E-state index in [2.05, 4.69) is 4.90 Å². The fraction of sp³-hybridized carbons (Fsp3) is 0.579. The van der Waals surface area contributed by atoms with Crippen LogP contribution in [0.15, 0.2) is 12.1 Å². The molecule has 1 aromatic rings. The number of nitrogens with two attached hydrogens (primary N) is 1. The Hall–Kier alpha value is -1.41. The number of hydrogen-bond donors (Lipinski definition) is 1. The first kappa shape index (κ1) is 25.6. The van der Waals surface area contributed by atoms with Gasteiger partial charge in [0.25, 0.3) is 5.91 Å². The third kappa shape index (κ3) is 6.28. The van der Waals surface area contributed by atoms with E-state index in [-0.39, 0.29) is 36.6 Å². The highest BCUT2D eigenvalue weighted by atomic mass is 35.5. The number of piperidine rings is 1. The molecule has 1 aromatic carbocycles. The van der Waals surface area contributed by atoms with Crippen LogP contribution in [0.3, 0.4) is 0 Å². The van der Waals surface area contributed by atoms with Gasteiger partial charge in [-0.15, -0.1) is 24.8 Å². The van der Waals surface area contributed by atoms with Gasteiger partial charge in [-0.3, -0.25) is 14.5 Å². The first-order valence-electron chi connectivity index (χ1n) is 9.42. The number of rotatable bonds is 4. The average Bonchev–Trinajstić information content (AvgIpc) is 2.70. The van der Waals surface area contributed by atoms with Gasteiger partial charge < -0.3 is 20.3 Å². The van der Waals surface area contributed by atoms with E-state index in [0.29, 0.717) is 54.7 Å². The van der Waals surface area contributed by atoms with Gasteiger partial charge in [-0.1, -0.05) is 11.6 Å². The third-order valence-corrected chi connectivity index (χ3v) is 5.60. The Morgan fingerprint density at radius 1 is 1.00 bits per heavy atom. The molecule has 0 unspecified atom stereocenters. The van der Waals surface area contributed by atoms with Crippen molar-refractivity contribution in [3.8, 4) is 5.75 Å². The molecule has 0 aromatic heterocycles. The normalized spacial score (nSPS) is 17.2. The van der Waals surface area contributed by atoms with Gasteiger partial charge in [-0.05, 0) is 25.3 Å². The molecule has 2 aliphatic heterocycles. The highest BCUT2D eigenvalue weighted by Gasteiger charge is 2.27. The summed E-state index contributed by atoms with van der Waals surface area (Å²) in [5.74, 6) is 0.488. The zero-order valence-electron chi connectivity index (χ0n) is 16.6. The van der Waals surface area contributed by atoms with Gasteiger partial charge in [0.1, 0.15) is 5.75 Å². The lowest BCUT2D eigenvalue weighted by Crippen LogP contribution is -2.52. The number of piperazine rings is 1. The minimum Gasteiger partial charge on any atom is -0.496 e. The molecule has 2 amide bonds. The minimum atomic E-state index is -0.129. The van der Waals surface area contributed by atoms with E-state index in [1.807, 2.05) is 4.90 Å². The summed E-state index contributed by atoms with van der Waals surface area (Å²) in [7, 11) is 1.50. The van der Waals surface area contributed by atoms with Crippen LogP contribution >= 0.6 is 36.4 Å². The van der Waals surface area contributed by atoms with Gasteiger partial charge in [-0.2, -0.15) is 0 Å².